The van der Waals surface area contributed by atoms with Gasteiger partial charge in [0.25, 0.3) is 0 Å². The highest BCUT2D eigenvalue weighted by molar-refractivity contribution is 6.30. The maximum absolute atomic E-state index is 6.00. The van der Waals surface area contributed by atoms with Crippen LogP contribution in [0.2, 0.25) is 5.02 Å². The van der Waals surface area contributed by atoms with Gasteiger partial charge in [0.2, 0.25) is 0 Å². The average molecular weight is 319 g/mol. The van der Waals surface area contributed by atoms with Crippen LogP contribution in [0.1, 0.15) is 31.2 Å². The van der Waals surface area contributed by atoms with E-state index in [0.29, 0.717) is 0 Å². The summed E-state index contributed by atoms with van der Waals surface area (Å²) in [4.78, 5) is 11.2. The topological polar surface area (TPSA) is 41.0 Å². The second kappa shape index (κ2) is 7.45. The molecule has 0 fully saturated rings. The van der Waals surface area contributed by atoms with Crippen LogP contribution >= 0.6 is 11.6 Å². The Kier molecular flexibility index (Phi) is 5.61. The second-order valence-electron chi connectivity index (χ2n) is 5.52. The minimum Gasteiger partial charge on any atom is -0.360 e. The fraction of sp³-hybridized carbons (Fsp3) is 0.412. The van der Waals surface area contributed by atoms with Gasteiger partial charge < -0.3 is 10.2 Å². The summed E-state index contributed by atoms with van der Waals surface area (Å²) in [5.74, 6) is 2.50. The molecule has 1 aromatic heterocycles. The van der Waals surface area contributed by atoms with Crippen LogP contribution in [-0.2, 0) is 0 Å². The maximum atomic E-state index is 6.00. The number of nitrogens with one attached hydrogen (secondary N) is 1. The molecule has 5 heteroatoms. The third kappa shape index (κ3) is 4.34. The number of hydrogen-bond donors (Lipinski definition) is 1. The maximum Gasteiger partial charge on any atom is 0.136 e. The number of rotatable bonds is 6. The number of aryl methyl sites for hydroxylation is 2. The van der Waals surface area contributed by atoms with Crippen molar-refractivity contribution in [3.8, 4) is 0 Å². The highest BCUT2D eigenvalue weighted by atomic mass is 35.5. The SMILES string of the molecule is CCCCN(C)c1cc(Nc2ccc(Cl)cc2C)nc(C)n1. The Morgan fingerprint density at radius 3 is 2.64 bits per heavy atom. The van der Waals surface area contributed by atoms with Gasteiger partial charge in [0.15, 0.2) is 0 Å². The first-order valence-corrected chi connectivity index (χ1v) is 7.97. The highest BCUT2D eigenvalue weighted by Gasteiger charge is 2.08. The predicted molar refractivity (Wildman–Crippen MR) is 94.4 cm³/mol. The van der Waals surface area contributed by atoms with E-state index in [1.54, 1.807) is 0 Å². The van der Waals surface area contributed by atoms with Crippen molar-refractivity contribution in [3.05, 3.63) is 40.7 Å². The molecular weight excluding hydrogens is 296 g/mol. The van der Waals surface area contributed by atoms with Crippen LogP contribution in [0.25, 0.3) is 0 Å². The van der Waals surface area contributed by atoms with Gasteiger partial charge in [0.05, 0.1) is 0 Å². The molecule has 0 amide bonds. The van der Waals surface area contributed by atoms with E-state index in [1.807, 2.05) is 38.1 Å². The molecule has 1 N–H and O–H groups in total. The van der Waals surface area contributed by atoms with Crippen LogP contribution in [-0.4, -0.2) is 23.6 Å². The smallest absolute Gasteiger partial charge is 0.136 e. The molecule has 118 valence electrons. The molecule has 22 heavy (non-hydrogen) atoms. The molecule has 0 saturated carbocycles. The van der Waals surface area contributed by atoms with Gasteiger partial charge in [0, 0.05) is 30.4 Å². The van der Waals surface area contributed by atoms with Gasteiger partial charge in [-0.1, -0.05) is 24.9 Å². The molecule has 2 rings (SSSR count). The summed E-state index contributed by atoms with van der Waals surface area (Å²) in [6, 6.07) is 7.76. The zero-order valence-electron chi connectivity index (χ0n) is 13.7. The van der Waals surface area contributed by atoms with Crippen LogP contribution in [0, 0.1) is 13.8 Å². The summed E-state index contributed by atoms with van der Waals surface area (Å²) >= 11 is 6.00. The Morgan fingerprint density at radius 1 is 1.18 bits per heavy atom. The van der Waals surface area contributed by atoms with Gasteiger partial charge in [-0.25, -0.2) is 9.97 Å². The van der Waals surface area contributed by atoms with Gasteiger partial charge in [-0.3, -0.25) is 0 Å². The number of hydrogen-bond acceptors (Lipinski definition) is 4. The van der Waals surface area contributed by atoms with E-state index < -0.39 is 0 Å². The summed E-state index contributed by atoms with van der Waals surface area (Å²) in [5, 5.41) is 4.09. The first-order valence-electron chi connectivity index (χ1n) is 7.59. The van der Waals surface area contributed by atoms with Gasteiger partial charge in [-0.15, -0.1) is 0 Å². The Morgan fingerprint density at radius 2 is 1.95 bits per heavy atom. The summed E-state index contributed by atoms with van der Waals surface area (Å²) in [6.45, 7) is 7.12. The van der Waals surface area contributed by atoms with Crippen LogP contribution in [0.4, 0.5) is 17.3 Å². The summed E-state index contributed by atoms with van der Waals surface area (Å²) < 4.78 is 0. The molecule has 0 atom stereocenters. The molecule has 0 spiro atoms. The van der Waals surface area contributed by atoms with Gasteiger partial charge in [-0.2, -0.15) is 0 Å². The number of unbranched alkanes of at least 4 members (excludes halogenated alkanes) is 1. The molecule has 4 nitrogen and oxygen atoms in total. The molecule has 0 unspecified atom stereocenters. The van der Waals surface area contributed by atoms with Crippen molar-refractivity contribution in [2.75, 3.05) is 23.8 Å². The van der Waals surface area contributed by atoms with Crippen molar-refractivity contribution >= 4 is 28.9 Å². The average Bonchev–Trinajstić information content (AvgIpc) is 2.47. The van der Waals surface area contributed by atoms with Crippen LogP contribution in [0.5, 0.6) is 0 Å². The largest absolute Gasteiger partial charge is 0.360 e. The zero-order valence-corrected chi connectivity index (χ0v) is 14.4. The van der Waals surface area contributed by atoms with Crippen LogP contribution < -0.4 is 10.2 Å². The Bertz CT molecular complexity index is 643. The summed E-state index contributed by atoms with van der Waals surface area (Å²) in [7, 11) is 2.06. The van der Waals surface area contributed by atoms with E-state index >= 15 is 0 Å². The van der Waals surface area contributed by atoms with E-state index in [1.165, 1.54) is 6.42 Å². The summed E-state index contributed by atoms with van der Waals surface area (Å²) in [5.41, 5.74) is 2.09. The zero-order chi connectivity index (χ0) is 16.1. The molecule has 2 aromatic rings. The quantitative estimate of drug-likeness (QED) is 0.836. The number of halogens is 1. The van der Waals surface area contributed by atoms with E-state index in [2.05, 4.69) is 34.2 Å². The monoisotopic (exact) mass is 318 g/mol. The van der Waals surface area contributed by atoms with Crippen molar-refractivity contribution in [1.29, 1.82) is 0 Å². The van der Waals surface area contributed by atoms with Crippen molar-refractivity contribution < 1.29 is 0 Å². The number of aromatic nitrogens is 2. The third-order valence-electron chi connectivity index (χ3n) is 3.51. The molecule has 1 heterocycles. The molecule has 1 aromatic carbocycles. The number of benzene rings is 1. The minimum atomic E-state index is 0.738. The van der Waals surface area contributed by atoms with Crippen molar-refractivity contribution in [2.45, 2.75) is 33.6 Å². The van der Waals surface area contributed by atoms with Crippen LogP contribution in [0.15, 0.2) is 24.3 Å². The molecule has 0 aliphatic carbocycles. The number of nitrogens with zero attached hydrogens (tertiary/aromatic N) is 3. The Balaban J connectivity index is 2.22. The van der Waals surface area contributed by atoms with Crippen molar-refractivity contribution in [1.82, 2.24) is 9.97 Å². The van der Waals surface area contributed by atoms with Gasteiger partial charge in [0.1, 0.15) is 17.5 Å². The first kappa shape index (κ1) is 16.6. The van der Waals surface area contributed by atoms with E-state index in [-0.39, 0.29) is 0 Å². The summed E-state index contributed by atoms with van der Waals surface area (Å²) in [6.07, 6.45) is 2.32. The van der Waals surface area contributed by atoms with E-state index in [4.69, 9.17) is 11.6 Å². The molecule has 0 aliphatic heterocycles. The van der Waals surface area contributed by atoms with Crippen LogP contribution in [0.3, 0.4) is 0 Å². The lowest BCUT2D eigenvalue weighted by Crippen LogP contribution is -2.20. The highest BCUT2D eigenvalue weighted by Crippen LogP contribution is 2.24. The normalized spacial score (nSPS) is 10.6. The number of anilines is 3. The van der Waals surface area contributed by atoms with E-state index in [0.717, 1.165) is 46.7 Å². The first-order chi connectivity index (χ1) is 10.5. The van der Waals surface area contributed by atoms with Gasteiger partial charge >= 0.3 is 0 Å². The molecule has 0 radical (unpaired) electrons. The van der Waals surface area contributed by atoms with Crippen molar-refractivity contribution in [3.63, 3.8) is 0 Å². The predicted octanol–water partition coefficient (Wildman–Crippen LogP) is 4.73. The molecule has 0 aliphatic rings. The fourth-order valence-corrected chi connectivity index (χ4v) is 2.45. The minimum absolute atomic E-state index is 0.738. The third-order valence-corrected chi connectivity index (χ3v) is 3.75. The Labute approximate surface area is 137 Å². The lowest BCUT2D eigenvalue weighted by molar-refractivity contribution is 0.756. The molecular formula is C17H23ClN4. The molecule has 0 saturated heterocycles. The van der Waals surface area contributed by atoms with Gasteiger partial charge in [-0.05, 0) is 44.0 Å². The molecule has 0 bridgehead atoms. The lowest BCUT2D eigenvalue weighted by Gasteiger charge is -2.19. The fourth-order valence-electron chi connectivity index (χ4n) is 2.23. The van der Waals surface area contributed by atoms with Crippen molar-refractivity contribution in [2.24, 2.45) is 0 Å². The van der Waals surface area contributed by atoms with E-state index in [9.17, 15) is 0 Å². The lowest BCUT2D eigenvalue weighted by atomic mass is 10.2. The Hall–Kier alpha value is -1.81. The standard InChI is InChI=1S/C17H23ClN4/c1-5-6-9-22(4)17-11-16(19-13(3)20-17)21-15-8-7-14(18)10-12(15)2/h7-8,10-11H,5-6,9H2,1-4H3,(H,19,20,21). The second-order valence-corrected chi connectivity index (χ2v) is 5.95.